The highest BCUT2D eigenvalue weighted by Crippen LogP contribution is 2.32. The summed E-state index contributed by atoms with van der Waals surface area (Å²) in [6, 6.07) is 7.31. The van der Waals surface area contributed by atoms with Crippen molar-refractivity contribution in [3.8, 4) is 0 Å². The van der Waals surface area contributed by atoms with Gasteiger partial charge in [0.05, 0.1) is 5.92 Å². The van der Waals surface area contributed by atoms with Gasteiger partial charge in [0.2, 0.25) is 5.91 Å². The first-order valence-corrected chi connectivity index (χ1v) is 10.2. The number of hydrogen-bond donors (Lipinski definition) is 0. The van der Waals surface area contributed by atoms with Crippen LogP contribution in [0.1, 0.15) is 37.7 Å². The summed E-state index contributed by atoms with van der Waals surface area (Å²) in [7, 11) is 0. The van der Waals surface area contributed by atoms with E-state index in [2.05, 4.69) is 14.7 Å². The van der Waals surface area contributed by atoms with Gasteiger partial charge in [0.1, 0.15) is 5.82 Å². The summed E-state index contributed by atoms with van der Waals surface area (Å²) in [5.41, 5.74) is 1.01. The van der Waals surface area contributed by atoms with Gasteiger partial charge in [-0.15, -0.1) is 0 Å². The van der Waals surface area contributed by atoms with Crippen LogP contribution in [0, 0.1) is 11.7 Å². The van der Waals surface area contributed by atoms with Gasteiger partial charge < -0.3 is 4.90 Å². The maximum Gasteiger partial charge on any atom is 0.227 e. The molecular weight excluding hydrogens is 329 g/mol. The quantitative estimate of drug-likeness (QED) is 0.830. The smallest absolute Gasteiger partial charge is 0.227 e. The molecule has 26 heavy (non-hydrogen) atoms. The molecule has 4 rings (SSSR count). The van der Waals surface area contributed by atoms with Crippen LogP contribution >= 0.6 is 0 Å². The number of piperazine rings is 1. The minimum atomic E-state index is -0.175. The van der Waals surface area contributed by atoms with E-state index in [4.69, 9.17) is 0 Å². The van der Waals surface area contributed by atoms with E-state index in [0.717, 1.165) is 51.1 Å². The Labute approximate surface area is 155 Å². The van der Waals surface area contributed by atoms with Crippen molar-refractivity contribution in [2.75, 3.05) is 39.3 Å². The molecular formula is C21H30FN3O. The largest absolute Gasteiger partial charge is 0.340 e. The van der Waals surface area contributed by atoms with E-state index in [1.54, 1.807) is 12.1 Å². The lowest BCUT2D eigenvalue weighted by molar-refractivity contribution is -0.142. The first-order chi connectivity index (χ1) is 12.7. The molecule has 3 aliphatic heterocycles. The Kier molecular flexibility index (Phi) is 5.55. The SMILES string of the molecule is O=C([C@@H]1CCCN2CCCC[C@H]12)N1CCN(Cc2cccc(F)c2)CC1. The number of rotatable bonds is 3. The molecule has 3 heterocycles. The number of carbonyl (C=O) groups is 1. The number of fused-ring (bicyclic) bond motifs is 1. The third-order valence-electron chi connectivity index (χ3n) is 6.39. The van der Waals surface area contributed by atoms with Crippen LogP contribution in [0.25, 0.3) is 0 Å². The lowest BCUT2D eigenvalue weighted by Gasteiger charge is -2.45. The Balaban J connectivity index is 1.32. The van der Waals surface area contributed by atoms with Gasteiger partial charge in [-0.2, -0.15) is 0 Å². The van der Waals surface area contributed by atoms with Crippen molar-refractivity contribution in [3.63, 3.8) is 0 Å². The number of amides is 1. The summed E-state index contributed by atoms with van der Waals surface area (Å²) in [5.74, 6) is 0.413. The molecule has 0 bridgehead atoms. The van der Waals surface area contributed by atoms with Crippen LogP contribution in [0.4, 0.5) is 4.39 Å². The summed E-state index contributed by atoms with van der Waals surface area (Å²) < 4.78 is 13.4. The van der Waals surface area contributed by atoms with Crippen molar-refractivity contribution < 1.29 is 9.18 Å². The monoisotopic (exact) mass is 359 g/mol. The van der Waals surface area contributed by atoms with E-state index in [1.807, 2.05) is 6.07 Å². The Hall–Kier alpha value is -1.46. The number of piperidine rings is 2. The summed E-state index contributed by atoms with van der Waals surface area (Å²) in [6.45, 7) is 6.48. The van der Waals surface area contributed by atoms with Gasteiger partial charge in [-0.25, -0.2) is 4.39 Å². The average Bonchev–Trinajstić information content (AvgIpc) is 2.68. The molecule has 3 aliphatic rings. The second-order valence-corrected chi connectivity index (χ2v) is 8.08. The molecule has 1 amide bonds. The first-order valence-electron chi connectivity index (χ1n) is 10.2. The number of carbonyl (C=O) groups excluding carboxylic acids is 1. The molecule has 5 heteroatoms. The van der Waals surface area contributed by atoms with Gasteiger partial charge in [0.15, 0.2) is 0 Å². The molecule has 142 valence electrons. The van der Waals surface area contributed by atoms with Crippen molar-refractivity contribution in [2.45, 2.75) is 44.7 Å². The van der Waals surface area contributed by atoms with E-state index in [1.165, 1.54) is 38.4 Å². The summed E-state index contributed by atoms with van der Waals surface area (Å²) in [6.07, 6.45) is 5.97. The Morgan fingerprint density at radius 1 is 1.00 bits per heavy atom. The van der Waals surface area contributed by atoms with Crippen molar-refractivity contribution in [1.82, 2.24) is 14.7 Å². The van der Waals surface area contributed by atoms with E-state index in [9.17, 15) is 9.18 Å². The van der Waals surface area contributed by atoms with Gasteiger partial charge in [0, 0.05) is 38.8 Å². The summed E-state index contributed by atoms with van der Waals surface area (Å²) >= 11 is 0. The molecule has 1 aromatic rings. The number of halogens is 1. The average molecular weight is 359 g/mol. The maximum atomic E-state index is 13.4. The second kappa shape index (κ2) is 8.05. The van der Waals surface area contributed by atoms with E-state index >= 15 is 0 Å². The standard InChI is InChI=1S/C21H30FN3O/c22-18-6-3-5-17(15-18)16-23-11-13-25(14-12-23)21(26)19-7-4-10-24-9-2-1-8-20(19)24/h3,5-6,15,19-20H,1-2,4,7-14,16H2/t19-,20-/m1/s1. The highest BCUT2D eigenvalue weighted by Gasteiger charge is 2.39. The molecule has 0 radical (unpaired) electrons. The molecule has 0 aliphatic carbocycles. The van der Waals surface area contributed by atoms with Crippen LogP contribution in [0.5, 0.6) is 0 Å². The van der Waals surface area contributed by atoms with Crippen LogP contribution < -0.4 is 0 Å². The Morgan fingerprint density at radius 3 is 2.62 bits per heavy atom. The van der Waals surface area contributed by atoms with Crippen molar-refractivity contribution in [3.05, 3.63) is 35.6 Å². The minimum Gasteiger partial charge on any atom is -0.340 e. The number of hydrogen-bond acceptors (Lipinski definition) is 3. The highest BCUT2D eigenvalue weighted by atomic mass is 19.1. The molecule has 0 unspecified atom stereocenters. The molecule has 1 aromatic carbocycles. The lowest BCUT2D eigenvalue weighted by atomic mass is 9.82. The third kappa shape index (κ3) is 3.94. The van der Waals surface area contributed by atoms with E-state index in [0.29, 0.717) is 11.9 Å². The van der Waals surface area contributed by atoms with Crippen LogP contribution in [0.3, 0.4) is 0 Å². The van der Waals surface area contributed by atoms with Gasteiger partial charge in [-0.05, 0) is 56.5 Å². The van der Waals surface area contributed by atoms with Crippen molar-refractivity contribution >= 4 is 5.91 Å². The molecule has 0 saturated carbocycles. The van der Waals surface area contributed by atoms with Crippen LogP contribution in [0.15, 0.2) is 24.3 Å². The molecule has 4 nitrogen and oxygen atoms in total. The molecule has 0 N–H and O–H groups in total. The second-order valence-electron chi connectivity index (χ2n) is 8.08. The zero-order valence-corrected chi connectivity index (χ0v) is 15.6. The third-order valence-corrected chi connectivity index (χ3v) is 6.39. The predicted molar refractivity (Wildman–Crippen MR) is 100 cm³/mol. The molecule has 2 atom stereocenters. The molecule has 3 fully saturated rings. The highest BCUT2D eigenvalue weighted by molar-refractivity contribution is 5.80. The predicted octanol–water partition coefficient (Wildman–Crippen LogP) is 2.73. The van der Waals surface area contributed by atoms with Crippen molar-refractivity contribution in [1.29, 1.82) is 0 Å². The fourth-order valence-electron chi connectivity index (χ4n) is 5.00. The van der Waals surface area contributed by atoms with Crippen LogP contribution in [-0.2, 0) is 11.3 Å². The summed E-state index contributed by atoms with van der Waals surface area (Å²) in [5, 5.41) is 0. The Bertz CT molecular complexity index is 627. The van der Waals surface area contributed by atoms with E-state index in [-0.39, 0.29) is 11.7 Å². The lowest BCUT2D eigenvalue weighted by Crippen LogP contribution is -2.56. The fraction of sp³-hybridized carbons (Fsp3) is 0.667. The van der Waals surface area contributed by atoms with E-state index < -0.39 is 0 Å². The molecule has 0 aromatic heterocycles. The normalized spacial score (nSPS) is 28.0. The van der Waals surface area contributed by atoms with Gasteiger partial charge >= 0.3 is 0 Å². The zero-order valence-electron chi connectivity index (χ0n) is 15.6. The maximum absolute atomic E-state index is 13.4. The van der Waals surface area contributed by atoms with Gasteiger partial charge in [-0.3, -0.25) is 14.6 Å². The van der Waals surface area contributed by atoms with Gasteiger partial charge in [-0.1, -0.05) is 18.6 Å². The van der Waals surface area contributed by atoms with Crippen LogP contribution in [0.2, 0.25) is 0 Å². The summed E-state index contributed by atoms with van der Waals surface area (Å²) in [4.78, 5) is 20.1. The fourth-order valence-corrected chi connectivity index (χ4v) is 5.00. The Morgan fingerprint density at radius 2 is 1.81 bits per heavy atom. The minimum absolute atomic E-state index is 0.175. The van der Waals surface area contributed by atoms with Crippen LogP contribution in [-0.4, -0.2) is 65.9 Å². The number of benzene rings is 1. The molecule has 3 saturated heterocycles. The topological polar surface area (TPSA) is 26.8 Å². The number of nitrogens with zero attached hydrogens (tertiary/aromatic N) is 3. The van der Waals surface area contributed by atoms with Gasteiger partial charge in [0.25, 0.3) is 0 Å². The van der Waals surface area contributed by atoms with Crippen molar-refractivity contribution in [2.24, 2.45) is 5.92 Å². The first kappa shape index (κ1) is 17.9. The molecule has 0 spiro atoms. The zero-order chi connectivity index (χ0) is 17.9.